The molecule has 1 saturated carbocycles. The van der Waals surface area contributed by atoms with E-state index in [2.05, 4.69) is 4.72 Å². The first kappa shape index (κ1) is 14.4. The van der Waals surface area contributed by atoms with Crippen molar-refractivity contribution in [3.8, 4) is 0 Å². The lowest BCUT2D eigenvalue weighted by molar-refractivity contribution is -0.141. The Balaban J connectivity index is 1.98. The summed E-state index contributed by atoms with van der Waals surface area (Å²) < 4.78 is 40.3. The fourth-order valence-electron chi connectivity index (χ4n) is 2.16. The lowest BCUT2D eigenvalue weighted by Gasteiger charge is -2.19. The van der Waals surface area contributed by atoms with Crippen molar-refractivity contribution in [2.24, 2.45) is 5.92 Å². The van der Waals surface area contributed by atoms with Crippen LogP contribution in [0.5, 0.6) is 0 Å². The van der Waals surface area contributed by atoms with Gasteiger partial charge in [0.1, 0.15) is 9.88 Å². The molecule has 2 atom stereocenters. The van der Waals surface area contributed by atoms with Crippen LogP contribution in [0.2, 0.25) is 0 Å². The van der Waals surface area contributed by atoms with Gasteiger partial charge in [0.2, 0.25) is 10.0 Å². The van der Waals surface area contributed by atoms with E-state index in [1.54, 1.807) is 11.4 Å². The highest BCUT2D eigenvalue weighted by molar-refractivity contribution is 7.91. The summed E-state index contributed by atoms with van der Waals surface area (Å²) in [5, 5.41) is 10.4. The fraction of sp³-hybridized carbons (Fsp3) is 0.545. The smallest absolute Gasteiger partial charge is 0.306 e. The van der Waals surface area contributed by atoms with Crippen LogP contribution >= 0.6 is 11.3 Å². The summed E-state index contributed by atoms with van der Waals surface area (Å²) in [5.74, 6) is -1.75. The Bertz CT molecular complexity index is 557. The van der Waals surface area contributed by atoms with Crippen LogP contribution in [0.25, 0.3) is 0 Å². The number of hydrogen-bond acceptors (Lipinski definition) is 4. The number of hydrogen-bond donors (Lipinski definition) is 2. The number of halogens is 1. The first-order valence-electron chi connectivity index (χ1n) is 5.77. The van der Waals surface area contributed by atoms with Gasteiger partial charge in [-0.2, -0.15) is 0 Å². The first-order valence-corrected chi connectivity index (χ1v) is 8.14. The number of carboxylic acid groups (broad SMARTS) is 1. The molecule has 1 aromatic heterocycles. The van der Waals surface area contributed by atoms with Crippen LogP contribution in [-0.4, -0.2) is 31.7 Å². The van der Waals surface area contributed by atoms with Crippen LogP contribution in [0.1, 0.15) is 19.3 Å². The SMILES string of the molecule is O=C(O)[C@@H]1CC[C@@](F)(CNS(=O)(=O)c2cccs2)C1. The predicted molar refractivity (Wildman–Crippen MR) is 68.3 cm³/mol. The van der Waals surface area contributed by atoms with Gasteiger partial charge in [-0.15, -0.1) is 11.3 Å². The molecule has 1 heterocycles. The third-order valence-corrected chi connectivity index (χ3v) is 6.04. The molecule has 0 radical (unpaired) electrons. The lowest BCUT2D eigenvalue weighted by atomic mass is 10.0. The summed E-state index contributed by atoms with van der Waals surface area (Å²) in [6.07, 6.45) is 0.165. The van der Waals surface area contributed by atoms with E-state index >= 15 is 0 Å². The topological polar surface area (TPSA) is 83.5 Å². The van der Waals surface area contributed by atoms with Crippen LogP contribution in [0.3, 0.4) is 0 Å². The van der Waals surface area contributed by atoms with Crippen molar-refractivity contribution >= 4 is 27.3 Å². The second-order valence-corrected chi connectivity index (χ2v) is 7.63. The molecular weight excluding hydrogens is 293 g/mol. The normalized spacial score (nSPS) is 27.5. The molecule has 19 heavy (non-hydrogen) atoms. The second-order valence-electron chi connectivity index (χ2n) is 4.69. The Morgan fingerprint density at radius 3 is 2.89 bits per heavy atom. The number of alkyl halides is 1. The average Bonchev–Trinajstić information content (AvgIpc) is 2.96. The fourth-order valence-corrected chi connectivity index (χ4v) is 4.31. The van der Waals surface area contributed by atoms with Crippen molar-refractivity contribution in [3.05, 3.63) is 17.5 Å². The highest BCUT2D eigenvalue weighted by Crippen LogP contribution is 2.37. The highest BCUT2D eigenvalue weighted by atomic mass is 32.2. The predicted octanol–water partition coefficient (Wildman–Crippen LogP) is 1.62. The summed E-state index contributed by atoms with van der Waals surface area (Å²) in [6.45, 7) is -0.378. The van der Waals surface area contributed by atoms with E-state index < -0.39 is 27.6 Å². The van der Waals surface area contributed by atoms with Gasteiger partial charge in [0.25, 0.3) is 0 Å². The zero-order valence-electron chi connectivity index (χ0n) is 10.0. The van der Waals surface area contributed by atoms with Gasteiger partial charge in [-0.05, 0) is 30.7 Å². The number of nitrogens with one attached hydrogen (secondary N) is 1. The summed E-state index contributed by atoms with van der Waals surface area (Å²) in [4.78, 5) is 10.8. The Kier molecular flexibility index (Phi) is 3.93. The summed E-state index contributed by atoms with van der Waals surface area (Å²) in [7, 11) is -3.70. The minimum absolute atomic E-state index is 0.0664. The van der Waals surface area contributed by atoms with E-state index in [1.807, 2.05) is 0 Å². The molecule has 0 unspecified atom stereocenters. The number of thiophene rings is 1. The second kappa shape index (κ2) is 5.18. The van der Waals surface area contributed by atoms with Crippen molar-refractivity contribution in [1.82, 2.24) is 4.72 Å². The summed E-state index contributed by atoms with van der Waals surface area (Å²) >= 11 is 1.05. The molecule has 1 aliphatic rings. The third-order valence-electron chi connectivity index (χ3n) is 3.24. The largest absolute Gasteiger partial charge is 0.481 e. The number of carboxylic acids is 1. The third kappa shape index (κ3) is 3.31. The highest BCUT2D eigenvalue weighted by Gasteiger charge is 2.43. The van der Waals surface area contributed by atoms with Gasteiger partial charge >= 0.3 is 5.97 Å². The van der Waals surface area contributed by atoms with Crippen molar-refractivity contribution < 1.29 is 22.7 Å². The zero-order valence-corrected chi connectivity index (χ0v) is 11.6. The standard InChI is InChI=1S/C11H14FNO4S2/c12-11(4-3-8(6-11)10(14)15)7-13-19(16,17)9-2-1-5-18-9/h1-2,5,8,13H,3-4,6-7H2,(H,14,15)/t8-,11+/m1/s1. The maximum Gasteiger partial charge on any atom is 0.306 e. The van der Waals surface area contributed by atoms with E-state index in [4.69, 9.17) is 5.11 Å². The molecule has 8 heteroatoms. The molecule has 1 aliphatic carbocycles. The molecule has 0 saturated heterocycles. The van der Waals surface area contributed by atoms with Gasteiger partial charge < -0.3 is 5.11 Å². The Morgan fingerprint density at radius 1 is 1.63 bits per heavy atom. The summed E-state index contributed by atoms with van der Waals surface area (Å²) in [6, 6.07) is 3.03. The van der Waals surface area contributed by atoms with Gasteiger partial charge in [0.15, 0.2) is 0 Å². The Morgan fingerprint density at radius 2 is 2.37 bits per heavy atom. The zero-order chi connectivity index (χ0) is 14.1. The van der Waals surface area contributed by atoms with Crippen LogP contribution in [0.15, 0.2) is 21.7 Å². The van der Waals surface area contributed by atoms with Gasteiger partial charge in [-0.25, -0.2) is 17.5 Å². The molecule has 1 aromatic rings. The van der Waals surface area contributed by atoms with Crippen LogP contribution in [-0.2, 0) is 14.8 Å². The van der Waals surface area contributed by atoms with Crippen LogP contribution in [0.4, 0.5) is 4.39 Å². The summed E-state index contributed by atoms with van der Waals surface area (Å²) in [5.41, 5.74) is -1.77. The van der Waals surface area contributed by atoms with Gasteiger partial charge in [-0.1, -0.05) is 6.07 Å². The minimum Gasteiger partial charge on any atom is -0.481 e. The minimum atomic E-state index is -3.70. The first-order chi connectivity index (χ1) is 8.82. The maximum absolute atomic E-state index is 14.3. The Hall–Kier alpha value is -0.990. The molecule has 106 valence electrons. The average molecular weight is 307 g/mol. The van der Waals surface area contributed by atoms with Gasteiger partial charge in [0, 0.05) is 6.54 Å². The van der Waals surface area contributed by atoms with Gasteiger partial charge in [0.05, 0.1) is 5.92 Å². The van der Waals surface area contributed by atoms with Crippen molar-refractivity contribution in [2.45, 2.75) is 29.1 Å². The van der Waals surface area contributed by atoms with E-state index in [9.17, 15) is 17.6 Å². The van der Waals surface area contributed by atoms with Crippen molar-refractivity contribution in [3.63, 3.8) is 0 Å². The maximum atomic E-state index is 14.3. The van der Waals surface area contributed by atoms with Crippen molar-refractivity contribution in [1.29, 1.82) is 0 Å². The number of carbonyl (C=O) groups is 1. The molecule has 2 rings (SSSR count). The Labute approximate surface area is 114 Å². The van der Waals surface area contributed by atoms with Crippen LogP contribution < -0.4 is 4.72 Å². The van der Waals surface area contributed by atoms with E-state index in [1.165, 1.54) is 6.07 Å². The molecule has 0 bridgehead atoms. The lowest BCUT2D eigenvalue weighted by Crippen LogP contribution is -2.38. The number of aliphatic carboxylic acids is 1. The molecule has 1 fully saturated rings. The quantitative estimate of drug-likeness (QED) is 0.866. The molecule has 0 aliphatic heterocycles. The van der Waals surface area contributed by atoms with E-state index in [0.717, 1.165) is 11.3 Å². The molecule has 2 N–H and O–H groups in total. The molecule has 0 spiro atoms. The number of sulfonamides is 1. The monoisotopic (exact) mass is 307 g/mol. The molecule has 0 amide bonds. The van der Waals surface area contributed by atoms with E-state index in [0.29, 0.717) is 0 Å². The van der Waals surface area contributed by atoms with Gasteiger partial charge in [-0.3, -0.25) is 4.79 Å². The van der Waals surface area contributed by atoms with Crippen LogP contribution in [0, 0.1) is 5.92 Å². The van der Waals surface area contributed by atoms with E-state index in [-0.39, 0.29) is 30.0 Å². The molecule has 0 aromatic carbocycles. The molecule has 5 nitrogen and oxygen atoms in total. The molecular formula is C11H14FNO4S2. The number of rotatable bonds is 5. The van der Waals surface area contributed by atoms with Crippen molar-refractivity contribution in [2.75, 3.05) is 6.54 Å².